The van der Waals surface area contributed by atoms with Gasteiger partial charge in [0, 0.05) is 41.2 Å². The number of hydrogen-bond acceptors (Lipinski definition) is 7. The van der Waals surface area contributed by atoms with E-state index in [1.165, 1.54) is 11.3 Å². The molecule has 0 radical (unpaired) electrons. The van der Waals surface area contributed by atoms with Gasteiger partial charge in [-0.15, -0.1) is 0 Å². The molecule has 8 heteroatoms. The number of aryl methyl sites for hydroxylation is 1. The Morgan fingerprint density at radius 3 is 2.76 bits per heavy atom. The second-order valence-corrected chi connectivity index (χ2v) is 8.23. The maximum Gasteiger partial charge on any atom is 0.325 e. The third-order valence-electron chi connectivity index (χ3n) is 6.16. The molecule has 0 saturated heterocycles. The fourth-order valence-corrected chi connectivity index (χ4v) is 4.63. The Labute approximate surface area is 198 Å². The van der Waals surface area contributed by atoms with E-state index >= 15 is 0 Å². The number of anilines is 1. The molecule has 0 fully saturated rings. The average molecular weight is 458 g/mol. The molecule has 8 nitrogen and oxygen atoms in total. The Bertz CT molecular complexity index is 1320. The van der Waals surface area contributed by atoms with Crippen molar-refractivity contribution < 1.29 is 14.3 Å². The molecule has 34 heavy (non-hydrogen) atoms. The fraction of sp³-hybridized carbons (Fsp3) is 0.308. The Morgan fingerprint density at radius 1 is 1.15 bits per heavy atom. The number of benzene rings is 1. The van der Waals surface area contributed by atoms with Gasteiger partial charge in [0.15, 0.2) is 0 Å². The topological polar surface area (TPSA) is 90.6 Å². The van der Waals surface area contributed by atoms with E-state index < -0.39 is 0 Å². The molecule has 5 rings (SSSR count). The van der Waals surface area contributed by atoms with Crippen LogP contribution in [0.3, 0.4) is 0 Å². The van der Waals surface area contributed by atoms with Crippen LogP contribution in [0.2, 0.25) is 0 Å². The highest BCUT2D eigenvalue weighted by Crippen LogP contribution is 2.41. The predicted octanol–water partition coefficient (Wildman–Crippen LogP) is 4.24. The zero-order valence-corrected chi connectivity index (χ0v) is 19.3. The normalized spacial score (nSPS) is 15.1. The van der Waals surface area contributed by atoms with Crippen molar-refractivity contribution in [2.75, 3.05) is 25.6 Å². The number of carbonyl (C=O) groups is 1. The van der Waals surface area contributed by atoms with Crippen LogP contribution in [0.15, 0.2) is 55.0 Å². The lowest BCUT2D eigenvalue weighted by Crippen LogP contribution is -2.17. The van der Waals surface area contributed by atoms with E-state index in [-0.39, 0.29) is 18.4 Å². The quantitative estimate of drug-likeness (QED) is 0.415. The van der Waals surface area contributed by atoms with Gasteiger partial charge in [-0.25, -0.2) is 15.0 Å². The molecule has 3 aromatic heterocycles. The van der Waals surface area contributed by atoms with Crippen LogP contribution in [0.25, 0.3) is 16.8 Å². The first kappa shape index (κ1) is 21.9. The first-order chi connectivity index (χ1) is 16.7. The van der Waals surface area contributed by atoms with Crippen molar-refractivity contribution in [3.63, 3.8) is 0 Å². The molecule has 1 aliphatic rings. The molecular weight excluding hydrogens is 430 g/mol. The van der Waals surface area contributed by atoms with E-state index in [0.717, 1.165) is 47.5 Å². The SMILES string of the molecule is CCOC(=O)CNc1ncc(-c2ccc3nc4c(n3c2)C(c2ccccc2OC)CCC4)cn1. The highest BCUT2D eigenvalue weighted by molar-refractivity contribution is 5.74. The molecule has 0 amide bonds. The first-order valence-electron chi connectivity index (χ1n) is 11.5. The molecule has 0 spiro atoms. The number of ether oxygens (including phenoxy) is 2. The molecule has 1 unspecified atom stereocenters. The third kappa shape index (κ3) is 4.19. The second kappa shape index (κ2) is 9.51. The minimum Gasteiger partial charge on any atom is -0.496 e. The molecule has 174 valence electrons. The lowest BCUT2D eigenvalue weighted by Gasteiger charge is -2.24. The summed E-state index contributed by atoms with van der Waals surface area (Å²) in [7, 11) is 1.72. The van der Waals surface area contributed by atoms with Gasteiger partial charge in [-0.2, -0.15) is 0 Å². The Balaban J connectivity index is 1.47. The summed E-state index contributed by atoms with van der Waals surface area (Å²) in [6, 6.07) is 12.3. The zero-order valence-electron chi connectivity index (χ0n) is 19.3. The smallest absolute Gasteiger partial charge is 0.325 e. The maximum atomic E-state index is 11.5. The first-order valence-corrected chi connectivity index (χ1v) is 11.5. The summed E-state index contributed by atoms with van der Waals surface area (Å²) in [6.07, 6.45) is 8.74. The van der Waals surface area contributed by atoms with Gasteiger partial charge < -0.3 is 19.2 Å². The van der Waals surface area contributed by atoms with E-state index in [2.05, 4.69) is 38.0 Å². The molecular formula is C26H27N5O3. The average Bonchev–Trinajstić information content (AvgIpc) is 3.26. The van der Waals surface area contributed by atoms with E-state index in [0.29, 0.717) is 12.6 Å². The summed E-state index contributed by atoms with van der Waals surface area (Å²) >= 11 is 0. The van der Waals surface area contributed by atoms with Crippen LogP contribution in [0.1, 0.15) is 42.6 Å². The summed E-state index contributed by atoms with van der Waals surface area (Å²) in [5, 5.41) is 2.89. The summed E-state index contributed by atoms with van der Waals surface area (Å²) in [5.74, 6) is 1.17. The van der Waals surface area contributed by atoms with Gasteiger partial charge in [-0.1, -0.05) is 18.2 Å². The number of methoxy groups -OCH3 is 1. The molecule has 1 atom stereocenters. The van der Waals surface area contributed by atoms with Crippen molar-refractivity contribution in [1.29, 1.82) is 0 Å². The van der Waals surface area contributed by atoms with E-state index in [9.17, 15) is 4.79 Å². The molecule has 0 saturated carbocycles. The largest absolute Gasteiger partial charge is 0.496 e. The summed E-state index contributed by atoms with van der Waals surface area (Å²) in [4.78, 5) is 25.2. The molecule has 1 aliphatic carbocycles. The summed E-state index contributed by atoms with van der Waals surface area (Å²) in [6.45, 7) is 2.15. The van der Waals surface area contributed by atoms with Crippen molar-refractivity contribution in [2.24, 2.45) is 0 Å². The van der Waals surface area contributed by atoms with Crippen LogP contribution in [0, 0.1) is 0 Å². The van der Waals surface area contributed by atoms with Crippen LogP contribution >= 0.6 is 0 Å². The van der Waals surface area contributed by atoms with Crippen LogP contribution in [0.4, 0.5) is 5.95 Å². The standard InChI is InChI=1S/C26H27N5O3/c1-3-34-24(32)15-29-26-27-13-18(14-28-26)17-11-12-23-30-21-9-6-8-20(25(21)31(23)16-17)19-7-4-5-10-22(19)33-2/h4-5,7,10-14,16,20H,3,6,8-9,15H2,1-2H3,(H,27,28,29). The number of rotatable bonds is 7. The molecule has 1 aromatic carbocycles. The Kier molecular flexibility index (Phi) is 6.12. The minimum atomic E-state index is -0.338. The summed E-state index contributed by atoms with van der Waals surface area (Å²) in [5.41, 5.74) is 6.38. The molecule has 1 N–H and O–H groups in total. The number of aromatic nitrogens is 4. The van der Waals surface area contributed by atoms with Crippen molar-refractivity contribution >= 4 is 17.6 Å². The maximum absolute atomic E-state index is 11.5. The number of carbonyl (C=O) groups excluding carboxylic acids is 1. The highest BCUT2D eigenvalue weighted by atomic mass is 16.5. The van der Waals surface area contributed by atoms with Crippen molar-refractivity contribution in [3.8, 4) is 16.9 Å². The van der Waals surface area contributed by atoms with Crippen LogP contribution in [-0.4, -0.2) is 45.6 Å². The van der Waals surface area contributed by atoms with E-state index in [1.807, 2.05) is 24.3 Å². The Morgan fingerprint density at radius 2 is 1.97 bits per heavy atom. The number of nitrogens with zero attached hydrogens (tertiary/aromatic N) is 4. The number of esters is 1. The molecule has 0 aliphatic heterocycles. The van der Waals surface area contributed by atoms with Crippen LogP contribution in [-0.2, 0) is 16.0 Å². The van der Waals surface area contributed by atoms with Crippen LogP contribution < -0.4 is 10.1 Å². The van der Waals surface area contributed by atoms with Gasteiger partial charge in [0.1, 0.15) is 17.9 Å². The molecule has 3 heterocycles. The monoisotopic (exact) mass is 457 g/mol. The number of fused-ring (bicyclic) bond motifs is 3. The van der Waals surface area contributed by atoms with Gasteiger partial charge in [0.05, 0.1) is 25.1 Å². The van der Waals surface area contributed by atoms with Gasteiger partial charge in [-0.3, -0.25) is 4.79 Å². The number of pyridine rings is 1. The molecule has 0 bridgehead atoms. The number of imidazole rings is 1. The zero-order chi connectivity index (χ0) is 23.5. The lowest BCUT2D eigenvalue weighted by molar-refractivity contribution is -0.140. The lowest BCUT2D eigenvalue weighted by atomic mass is 9.84. The van der Waals surface area contributed by atoms with E-state index in [1.54, 1.807) is 26.4 Å². The number of hydrogen-bond donors (Lipinski definition) is 1. The van der Waals surface area contributed by atoms with Crippen molar-refractivity contribution in [2.45, 2.75) is 32.1 Å². The van der Waals surface area contributed by atoms with Gasteiger partial charge in [0.25, 0.3) is 0 Å². The van der Waals surface area contributed by atoms with Crippen LogP contribution in [0.5, 0.6) is 5.75 Å². The third-order valence-corrected chi connectivity index (χ3v) is 6.16. The van der Waals surface area contributed by atoms with Gasteiger partial charge in [0.2, 0.25) is 5.95 Å². The second-order valence-electron chi connectivity index (χ2n) is 8.23. The number of para-hydroxylation sites is 1. The van der Waals surface area contributed by atoms with Gasteiger partial charge in [-0.05, 0) is 44.4 Å². The number of nitrogens with one attached hydrogen (secondary N) is 1. The van der Waals surface area contributed by atoms with Gasteiger partial charge >= 0.3 is 5.97 Å². The highest BCUT2D eigenvalue weighted by Gasteiger charge is 2.28. The fourth-order valence-electron chi connectivity index (χ4n) is 4.63. The minimum absolute atomic E-state index is 0.0324. The molecule has 4 aromatic rings. The Hall–Kier alpha value is -3.94. The van der Waals surface area contributed by atoms with Crippen molar-refractivity contribution in [1.82, 2.24) is 19.4 Å². The van der Waals surface area contributed by atoms with Crippen molar-refractivity contribution in [3.05, 3.63) is 71.9 Å². The summed E-state index contributed by atoms with van der Waals surface area (Å²) < 4.78 is 12.8. The van der Waals surface area contributed by atoms with E-state index in [4.69, 9.17) is 14.5 Å². The predicted molar refractivity (Wildman–Crippen MR) is 129 cm³/mol.